The molecule has 0 saturated carbocycles. The molecule has 0 aliphatic rings. The van der Waals surface area contributed by atoms with Gasteiger partial charge in [0.1, 0.15) is 5.82 Å². The van der Waals surface area contributed by atoms with Crippen molar-refractivity contribution in [2.45, 2.75) is 6.54 Å². The molecule has 18 heavy (non-hydrogen) atoms. The summed E-state index contributed by atoms with van der Waals surface area (Å²) in [4.78, 5) is 0. The molecule has 0 spiro atoms. The Morgan fingerprint density at radius 2 is 2.28 bits per heavy atom. The van der Waals surface area contributed by atoms with Gasteiger partial charge in [0, 0.05) is 24.4 Å². The Kier molecular flexibility index (Phi) is 3.84. The third-order valence-corrected chi connectivity index (χ3v) is 2.88. The summed E-state index contributed by atoms with van der Waals surface area (Å²) < 4.78 is 20.4. The monoisotopic (exact) mass is 269 g/mol. The zero-order chi connectivity index (χ0) is 13.1. The smallest absolute Gasteiger partial charge is 0.132 e. The number of nitrogens with zero attached hydrogens (tertiary/aromatic N) is 2. The summed E-state index contributed by atoms with van der Waals surface area (Å²) in [5.41, 5.74) is 7.06. The summed E-state index contributed by atoms with van der Waals surface area (Å²) in [5, 5.41) is 4.33. The van der Waals surface area contributed by atoms with E-state index in [9.17, 15) is 4.39 Å². The molecule has 0 aliphatic heterocycles. The van der Waals surface area contributed by atoms with E-state index in [-0.39, 0.29) is 5.02 Å². The van der Waals surface area contributed by atoms with Crippen LogP contribution in [0.5, 0.6) is 0 Å². The van der Waals surface area contributed by atoms with Gasteiger partial charge in [0.05, 0.1) is 30.1 Å². The largest absolute Gasteiger partial charge is 0.398 e. The lowest BCUT2D eigenvalue weighted by atomic mass is 10.1. The van der Waals surface area contributed by atoms with E-state index in [1.54, 1.807) is 24.2 Å². The van der Waals surface area contributed by atoms with Gasteiger partial charge >= 0.3 is 0 Å². The van der Waals surface area contributed by atoms with Crippen LogP contribution in [0, 0.1) is 5.82 Å². The number of rotatable bonds is 4. The molecule has 0 radical (unpaired) electrons. The molecule has 0 bridgehead atoms. The van der Waals surface area contributed by atoms with Crippen LogP contribution in [-0.2, 0) is 11.3 Å². The van der Waals surface area contributed by atoms with E-state index in [1.807, 2.05) is 0 Å². The fraction of sp³-hybridized carbons (Fsp3) is 0.250. The molecule has 0 aliphatic carbocycles. The van der Waals surface area contributed by atoms with Crippen LogP contribution in [0.1, 0.15) is 0 Å². The zero-order valence-electron chi connectivity index (χ0n) is 9.86. The van der Waals surface area contributed by atoms with Gasteiger partial charge in [0.25, 0.3) is 0 Å². The Hall–Kier alpha value is -1.59. The van der Waals surface area contributed by atoms with Crippen molar-refractivity contribution in [3.05, 3.63) is 35.4 Å². The van der Waals surface area contributed by atoms with Crippen LogP contribution in [-0.4, -0.2) is 23.5 Å². The number of aromatic nitrogens is 2. The minimum Gasteiger partial charge on any atom is -0.398 e. The SMILES string of the molecule is COCCn1cc(-c2cc(N)c(Cl)cc2F)cn1. The number of nitrogen functional groups attached to an aromatic ring is 1. The van der Waals surface area contributed by atoms with Gasteiger partial charge in [-0.25, -0.2) is 4.39 Å². The second kappa shape index (κ2) is 5.37. The van der Waals surface area contributed by atoms with Gasteiger partial charge in [0.15, 0.2) is 0 Å². The Bertz CT molecular complexity index is 556. The van der Waals surface area contributed by atoms with Crippen LogP contribution in [0.2, 0.25) is 5.02 Å². The van der Waals surface area contributed by atoms with Crippen LogP contribution in [0.15, 0.2) is 24.5 Å². The first kappa shape index (κ1) is 12.9. The highest BCUT2D eigenvalue weighted by molar-refractivity contribution is 6.33. The number of hydrogen-bond acceptors (Lipinski definition) is 3. The zero-order valence-corrected chi connectivity index (χ0v) is 10.6. The van der Waals surface area contributed by atoms with Crippen molar-refractivity contribution in [3.63, 3.8) is 0 Å². The van der Waals surface area contributed by atoms with Gasteiger partial charge in [0.2, 0.25) is 0 Å². The fourth-order valence-corrected chi connectivity index (χ4v) is 1.75. The minimum absolute atomic E-state index is 0.211. The Morgan fingerprint density at radius 1 is 1.50 bits per heavy atom. The Labute approximate surface area is 109 Å². The Balaban J connectivity index is 2.31. The molecule has 1 heterocycles. The number of hydrogen-bond donors (Lipinski definition) is 1. The average Bonchev–Trinajstić information content (AvgIpc) is 2.79. The summed E-state index contributed by atoms with van der Waals surface area (Å²) in [6.45, 7) is 1.16. The second-order valence-corrected chi connectivity index (χ2v) is 4.25. The molecule has 0 atom stereocenters. The predicted molar refractivity (Wildman–Crippen MR) is 68.9 cm³/mol. The lowest BCUT2D eigenvalue weighted by Crippen LogP contribution is -2.03. The van der Waals surface area contributed by atoms with E-state index >= 15 is 0 Å². The van der Waals surface area contributed by atoms with Crippen LogP contribution < -0.4 is 5.73 Å². The number of anilines is 1. The van der Waals surface area contributed by atoms with Gasteiger partial charge in [-0.3, -0.25) is 4.68 Å². The maximum Gasteiger partial charge on any atom is 0.132 e. The summed E-state index contributed by atoms with van der Waals surface area (Å²) in [5.74, 6) is -0.416. The first-order chi connectivity index (χ1) is 8.61. The molecule has 1 aromatic carbocycles. The molecule has 6 heteroatoms. The summed E-state index contributed by atoms with van der Waals surface area (Å²) >= 11 is 5.74. The lowest BCUT2D eigenvalue weighted by molar-refractivity contribution is 0.183. The molecule has 1 aromatic heterocycles. The summed E-state index contributed by atoms with van der Waals surface area (Å²) in [6.07, 6.45) is 3.33. The number of halogens is 2. The van der Waals surface area contributed by atoms with Crippen molar-refractivity contribution in [1.29, 1.82) is 0 Å². The normalized spacial score (nSPS) is 10.8. The highest BCUT2D eigenvalue weighted by Crippen LogP contribution is 2.29. The average molecular weight is 270 g/mol. The van der Waals surface area contributed by atoms with Gasteiger partial charge in [-0.05, 0) is 12.1 Å². The number of benzene rings is 1. The molecule has 2 rings (SSSR count). The van der Waals surface area contributed by atoms with E-state index in [0.717, 1.165) is 0 Å². The summed E-state index contributed by atoms with van der Waals surface area (Å²) in [7, 11) is 1.62. The van der Waals surface area contributed by atoms with Crippen molar-refractivity contribution < 1.29 is 9.13 Å². The van der Waals surface area contributed by atoms with Gasteiger partial charge in [-0.1, -0.05) is 11.6 Å². The molecule has 0 saturated heterocycles. The molecule has 0 amide bonds. The third-order valence-electron chi connectivity index (χ3n) is 2.56. The van der Waals surface area contributed by atoms with Crippen molar-refractivity contribution in [2.24, 2.45) is 0 Å². The second-order valence-electron chi connectivity index (χ2n) is 3.84. The highest BCUT2D eigenvalue weighted by Gasteiger charge is 2.10. The van der Waals surface area contributed by atoms with Crippen molar-refractivity contribution in [3.8, 4) is 11.1 Å². The van der Waals surface area contributed by atoms with Crippen molar-refractivity contribution >= 4 is 17.3 Å². The highest BCUT2D eigenvalue weighted by atomic mass is 35.5. The maximum absolute atomic E-state index is 13.8. The van der Waals surface area contributed by atoms with Crippen LogP contribution >= 0.6 is 11.6 Å². The van der Waals surface area contributed by atoms with Crippen LogP contribution in [0.4, 0.5) is 10.1 Å². The topological polar surface area (TPSA) is 53.1 Å². The van der Waals surface area contributed by atoms with E-state index in [2.05, 4.69) is 5.10 Å². The van der Waals surface area contributed by atoms with Gasteiger partial charge in [-0.2, -0.15) is 5.10 Å². The van der Waals surface area contributed by atoms with Crippen LogP contribution in [0.3, 0.4) is 0 Å². The number of nitrogens with two attached hydrogens (primary N) is 1. The molecule has 0 unspecified atom stereocenters. The first-order valence-corrected chi connectivity index (χ1v) is 5.76. The van der Waals surface area contributed by atoms with E-state index in [1.165, 1.54) is 12.1 Å². The van der Waals surface area contributed by atoms with E-state index < -0.39 is 5.82 Å². The predicted octanol–water partition coefficient (Wildman–Crippen LogP) is 2.57. The first-order valence-electron chi connectivity index (χ1n) is 5.38. The van der Waals surface area contributed by atoms with Crippen molar-refractivity contribution in [2.75, 3.05) is 19.5 Å². The molecular formula is C12H13ClFN3O. The standard InChI is InChI=1S/C12H13ClFN3O/c1-18-3-2-17-7-8(6-16-17)9-4-12(15)10(13)5-11(9)14/h4-7H,2-3,15H2,1H3. The molecule has 2 N–H and O–H groups in total. The summed E-state index contributed by atoms with van der Waals surface area (Å²) in [6, 6.07) is 2.72. The van der Waals surface area contributed by atoms with Gasteiger partial charge < -0.3 is 10.5 Å². The van der Waals surface area contributed by atoms with Crippen molar-refractivity contribution in [1.82, 2.24) is 9.78 Å². The third kappa shape index (κ3) is 2.63. The maximum atomic E-state index is 13.8. The number of methoxy groups -OCH3 is 1. The molecule has 96 valence electrons. The van der Waals surface area contributed by atoms with E-state index in [0.29, 0.717) is 30.0 Å². The number of ether oxygens (including phenoxy) is 1. The van der Waals surface area contributed by atoms with Gasteiger partial charge in [-0.15, -0.1) is 0 Å². The molecule has 2 aromatic rings. The van der Waals surface area contributed by atoms with E-state index in [4.69, 9.17) is 22.1 Å². The molecule has 4 nitrogen and oxygen atoms in total. The Morgan fingerprint density at radius 3 is 3.00 bits per heavy atom. The van der Waals surface area contributed by atoms with Crippen LogP contribution in [0.25, 0.3) is 11.1 Å². The molecule has 0 fully saturated rings. The minimum atomic E-state index is -0.416. The fourth-order valence-electron chi connectivity index (χ4n) is 1.60. The lowest BCUT2D eigenvalue weighted by Gasteiger charge is -2.04. The quantitative estimate of drug-likeness (QED) is 0.868. The molecular weight excluding hydrogens is 257 g/mol.